The van der Waals surface area contributed by atoms with Gasteiger partial charge in [-0.2, -0.15) is 5.26 Å². The van der Waals surface area contributed by atoms with Gasteiger partial charge in [0.05, 0.1) is 5.92 Å². The molecule has 0 bridgehead atoms. The van der Waals surface area contributed by atoms with Gasteiger partial charge < -0.3 is 10.5 Å². The van der Waals surface area contributed by atoms with Crippen molar-refractivity contribution in [2.75, 3.05) is 19.6 Å². The second kappa shape index (κ2) is 8.22. The summed E-state index contributed by atoms with van der Waals surface area (Å²) in [7, 11) is 0. The Kier molecular flexibility index (Phi) is 5.48. The molecule has 2 N–H and O–H groups in total. The summed E-state index contributed by atoms with van der Waals surface area (Å²) < 4.78 is 6.10. The van der Waals surface area contributed by atoms with Gasteiger partial charge in [0.2, 0.25) is 5.88 Å². The van der Waals surface area contributed by atoms with E-state index in [1.54, 1.807) is 0 Å². The normalized spacial score (nSPS) is 20.7. The molecule has 2 aliphatic heterocycles. The monoisotopic (exact) mass is 397 g/mol. The fourth-order valence-electron chi connectivity index (χ4n) is 4.36. The van der Waals surface area contributed by atoms with Crippen molar-refractivity contribution < 1.29 is 4.74 Å². The van der Waals surface area contributed by atoms with Crippen molar-refractivity contribution in [2.45, 2.75) is 26.7 Å². The standard InChI is InChI=1S/C26H27N3O/c1-4-29-15-21(13-19-9-5-7-17(2)11-19)25-23(16-29)24(22(14-27)26(28)30-25)20-10-6-8-18(3)12-20/h5-13,24H,4,15-16,28H2,1-3H3/b21-13+/t24-/m1/s1. The Balaban J connectivity index is 1.89. The van der Waals surface area contributed by atoms with Gasteiger partial charge in [-0.25, -0.2) is 0 Å². The molecule has 0 saturated heterocycles. The third-order valence-electron chi connectivity index (χ3n) is 5.81. The zero-order valence-electron chi connectivity index (χ0n) is 17.8. The first-order valence-corrected chi connectivity index (χ1v) is 10.4. The molecule has 0 fully saturated rings. The number of benzene rings is 2. The molecule has 4 heteroatoms. The maximum atomic E-state index is 9.89. The summed E-state index contributed by atoms with van der Waals surface area (Å²) in [5.74, 6) is 0.848. The Labute approximate surface area is 178 Å². The minimum absolute atomic E-state index is 0.186. The lowest BCUT2D eigenvalue weighted by Gasteiger charge is -2.38. The van der Waals surface area contributed by atoms with E-state index in [1.807, 2.05) is 6.07 Å². The largest absolute Gasteiger partial charge is 0.440 e. The minimum atomic E-state index is -0.186. The maximum Gasteiger partial charge on any atom is 0.205 e. The number of likely N-dealkylation sites (N-methyl/N-ethyl adjacent to an activating group) is 1. The highest BCUT2D eigenvalue weighted by molar-refractivity contribution is 5.63. The van der Waals surface area contributed by atoms with E-state index in [4.69, 9.17) is 10.5 Å². The summed E-state index contributed by atoms with van der Waals surface area (Å²) in [6.45, 7) is 8.80. The molecule has 0 aromatic heterocycles. The Hall–Kier alpha value is -3.29. The van der Waals surface area contributed by atoms with E-state index >= 15 is 0 Å². The van der Waals surface area contributed by atoms with E-state index in [1.165, 1.54) is 5.56 Å². The first-order chi connectivity index (χ1) is 14.5. The van der Waals surface area contributed by atoms with Crippen LogP contribution in [0.25, 0.3) is 6.08 Å². The quantitative estimate of drug-likeness (QED) is 0.809. The molecule has 2 heterocycles. The second-order valence-electron chi connectivity index (χ2n) is 8.08. The van der Waals surface area contributed by atoms with Gasteiger partial charge in [-0.15, -0.1) is 0 Å². The highest BCUT2D eigenvalue weighted by Crippen LogP contribution is 2.43. The molecule has 2 aromatic carbocycles. The molecule has 0 aliphatic carbocycles. The molecule has 0 spiro atoms. The van der Waals surface area contributed by atoms with Crippen LogP contribution in [-0.2, 0) is 4.74 Å². The molecule has 1 atom stereocenters. The van der Waals surface area contributed by atoms with Crippen molar-refractivity contribution in [1.29, 1.82) is 5.26 Å². The topological polar surface area (TPSA) is 62.3 Å². The summed E-state index contributed by atoms with van der Waals surface area (Å²) in [6, 6.07) is 19.1. The van der Waals surface area contributed by atoms with Crippen molar-refractivity contribution in [1.82, 2.24) is 4.90 Å². The van der Waals surface area contributed by atoms with Crippen LogP contribution < -0.4 is 5.73 Å². The number of hydrogen-bond donors (Lipinski definition) is 1. The zero-order chi connectivity index (χ0) is 21.3. The van der Waals surface area contributed by atoms with E-state index in [0.29, 0.717) is 5.57 Å². The molecule has 30 heavy (non-hydrogen) atoms. The Morgan fingerprint density at radius 3 is 2.53 bits per heavy atom. The molecule has 152 valence electrons. The van der Waals surface area contributed by atoms with E-state index in [2.05, 4.69) is 80.3 Å². The lowest BCUT2D eigenvalue weighted by molar-refractivity contribution is 0.239. The van der Waals surface area contributed by atoms with Crippen LogP contribution in [0.4, 0.5) is 0 Å². The molecule has 4 rings (SSSR count). The highest BCUT2D eigenvalue weighted by Gasteiger charge is 2.37. The zero-order valence-corrected chi connectivity index (χ0v) is 17.8. The van der Waals surface area contributed by atoms with Crippen molar-refractivity contribution in [3.63, 3.8) is 0 Å². The lowest BCUT2D eigenvalue weighted by atomic mass is 9.80. The minimum Gasteiger partial charge on any atom is -0.440 e. The van der Waals surface area contributed by atoms with Crippen molar-refractivity contribution in [2.24, 2.45) is 5.73 Å². The number of nitrogens with zero attached hydrogens (tertiary/aromatic N) is 2. The summed E-state index contributed by atoms with van der Waals surface area (Å²) in [5, 5.41) is 9.89. The molecule has 0 unspecified atom stereocenters. The molecule has 2 aromatic rings. The van der Waals surface area contributed by atoms with Gasteiger partial charge in [0.1, 0.15) is 17.4 Å². The van der Waals surface area contributed by atoms with Gasteiger partial charge in [0.15, 0.2) is 0 Å². The Bertz CT molecular complexity index is 1120. The van der Waals surface area contributed by atoms with Crippen LogP contribution in [0, 0.1) is 25.2 Å². The van der Waals surface area contributed by atoms with Crippen LogP contribution in [0.15, 0.2) is 76.9 Å². The number of nitrogens with two attached hydrogens (primary N) is 1. The number of ether oxygens (including phenoxy) is 1. The SMILES string of the molecule is CCN1CC2=C(OC(N)=C(C#N)[C@H]2c2cccc(C)c2)/C(=C/c2cccc(C)c2)C1. The number of allylic oxidation sites excluding steroid dienone is 1. The first kappa shape index (κ1) is 20.0. The number of nitriles is 1. The predicted molar refractivity (Wildman–Crippen MR) is 120 cm³/mol. The van der Waals surface area contributed by atoms with Gasteiger partial charge in [-0.05, 0) is 43.2 Å². The van der Waals surface area contributed by atoms with Crippen LogP contribution in [-0.4, -0.2) is 24.5 Å². The fraction of sp³-hybridized carbons (Fsp3) is 0.269. The van der Waals surface area contributed by atoms with E-state index in [0.717, 1.165) is 53.2 Å². The van der Waals surface area contributed by atoms with Crippen LogP contribution in [0.3, 0.4) is 0 Å². The smallest absolute Gasteiger partial charge is 0.205 e. The third-order valence-corrected chi connectivity index (χ3v) is 5.81. The average Bonchev–Trinajstić information content (AvgIpc) is 2.73. The van der Waals surface area contributed by atoms with E-state index < -0.39 is 0 Å². The Morgan fingerprint density at radius 2 is 1.87 bits per heavy atom. The number of rotatable bonds is 3. The molecule has 4 nitrogen and oxygen atoms in total. The Morgan fingerprint density at radius 1 is 1.13 bits per heavy atom. The molecular formula is C26H27N3O. The van der Waals surface area contributed by atoms with Crippen molar-refractivity contribution in [3.8, 4) is 6.07 Å². The van der Waals surface area contributed by atoms with Crippen molar-refractivity contribution >= 4 is 6.08 Å². The molecule has 2 aliphatic rings. The van der Waals surface area contributed by atoms with Gasteiger partial charge in [0.25, 0.3) is 0 Å². The van der Waals surface area contributed by atoms with Crippen LogP contribution >= 0.6 is 0 Å². The second-order valence-corrected chi connectivity index (χ2v) is 8.08. The van der Waals surface area contributed by atoms with Gasteiger partial charge in [-0.3, -0.25) is 4.90 Å². The lowest BCUT2D eigenvalue weighted by Crippen LogP contribution is -2.38. The molecule has 0 radical (unpaired) electrons. The summed E-state index contributed by atoms with van der Waals surface area (Å²) in [6.07, 6.45) is 2.18. The summed E-state index contributed by atoms with van der Waals surface area (Å²) >= 11 is 0. The molecular weight excluding hydrogens is 370 g/mol. The number of aryl methyl sites for hydroxylation is 2. The average molecular weight is 398 g/mol. The van der Waals surface area contributed by atoms with Gasteiger partial charge >= 0.3 is 0 Å². The summed E-state index contributed by atoms with van der Waals surface area (Å²) in [4.78, 5) is 2.38. The summed E-state index contributed by atoms with van der Waals surface area (Å²) in [5.41, 5.74) is 13.6. The number of hydrogen-bond acceptors (Lipinski definition) is 4. The van der Waals surface area contributed by atoms with Gasteiger partial charge in [0, 0.05) is 18.7 Å². The van der Waals surface area contributed by atoms with E-state index in [-0.39, 0.29) is 11.8 Å². The molecule has 0 amide bonds. The highest BCUT2D eigenvalue weighted by atomic mass is 16.5. The maximum absolute atomic E-state index is 9.89. The van der Waals surface area contributed by atoms with Crippen LogP contribution in [0.5, 0.6) is 0 Å². The van der Waals surface area contributed by atoms with Crippen LogP contribution in [0.2, 0.25) is 0 Å². The van der Waals surface area contributed by atoms with Crippen LogP contribution in [0.1, 0.15) is 35.1 Å². The first-order valence-electron chi connectivity index (χ1n) is 10.4. The van der Waals surface area contributed by atoms with Gasteiger partial charge in [-0.1, -0.05) is 66.6 Å². The fourth-order valence-corrected chi connectivity index (χ4v) is 4.36. The van der Waals surface area contributed by atoms with Crippen molar-refractivity contribution in [3.05, 3.63) is 99.1 Å². The predicted octanol–water partition coefficient (Wildman–Crippen LogP) is 4.78. The van der Waals surface area contributed by atoms with E-state index in [9.17, 15) is 5.26 Å². The third kappa shape index (κ3) is 3.77. The molecule has 0 saturated carbocycles.